The maximum Gasteiger partial charge on any atom is 0.162 e. The summed E-state index contributed by atoms with van der Waals surface area (Å²) in [6.07, 6.45) is 2.14. The summed E-state index contributed by atoms with van der Waals surface area (Å²) in [4.78, 5) is 0. The zero-order valence-corrected chi connectivity index (χ0v) is 12.6. The van der Waals surface area contributed by atoms with E-state index in [4.69, 9.17) is 14.2 Å². The molecule has 0 aliphatic carbocycles. The highest BCUT2D eigenvalue weighted by molar-refractivity contribution is 5.30. The van der Waals surface area contributed by atoms with Crippen LogP contribution in [-0.2, 0) is 9.47 Å². The molecule has 0 amide bonds. The first-order valence-electron chi connectivity index (χ1n) is 6.98. The molecule has 0 spiro atoms. The predicted molar refractivity (Wildman–Crippen MR) is 73.9 cm³/mol. The highest BCUT2D eigenvalue weighted by Gasteiger charge is 2.43. The number of rotatable bonds is 5. The van der Waals surface area contributed by atoms with Gasteiger partial charge in [-0.25, -0.2) is 0 Å². The van der Waals surface area contributed by atoms with Gasteiger partial charge in [0.05, 0.1) is 13.3 Å². The van der Waals surface area contributed by atoms with Gasteiger partial charge in [0.1, 0.15) is 17.4 Å². The van der Waals surface area contributed by atoms with E-state index in [0.29, 0.717) is 37.5 Å². The molecular weight excluding hydrogens is 260 g/mol. The van der Waals surface area contributed by atoms with Crippen molar-refractivity contribution in [2.24, 2.45) is 0 Å². The van der Waals surface area contributed by atoms with Gasteiger partial charge in [-0.3, -0.25) is 4.68 Å². The van der Waals surface area contributed by atoms with Crippen LogP contribution in [0.25, 0.3) is 0 Å². The van der Waals surface area contributed by atoms with Crippen molar-refractivity contribution in [1.29, 1.82) is 0 Å². The maximum atomic E-state index is 10.9. The molecule has 1 aromatic rings. The van der Waals surface area contributed by atoms with Crippen molar-refractivity contribution in [1.82, 2.24) is 9.78 Å². The average Bonchev–Trinajstić information content (AvgIpc) is 2.91. The molecular formula is C14H24N2O4. The minimum Gasteiger partial charge on any atom is -0.493 e. The Hall–Kier alpha value is -1.11. The van der Waals surface area contributed by atoms with E-state index in [1.54, 1.807) is 25.1 Å². The van der Waals surface area contributed by atoms with Crippen molar-refractivity contribution in [2.75, 3.05) is 27.4 Å². The summed E-state index contributed by atoms with van der Waals surface area (Å²) < 4.78 is 18.2. The third-order valence-corrected chi connectivity index (χ3v) is 4.01. The minimum absolute atomic E-state index is 0.136. The molecule has 0 bridgehead atoms. The van der Waals surface area contributed by atoms with Crippen molar-refractivity contribution in [3.05, 3.63) is 11.9 Å². The van der Waals surface area contributed by atoms with Crippen LogP contribution < -0.4 is 4.74 Å². The lowest BCUT2D eigenvalue weighted by atomic mass is 9.86. The zero-order chi connectivity index (χ0) is 14.8. The highest BCUT2D eigenvalue weighted by Crippen LogP contribution is 2.41. The Kier molecular flexibility index (Phi) is 4.67. The zero-order valence-electron chi connectivity index (χ0n) is 12.6. The highest BCUT2D eigenvalue weighted by atomic mass is 16.5. The Morgan fingerprint density at radius 1 is 1.35 bits per heavy atom. The fourth-order valence-electron chi connectivity index (χ4n) is 2.74. The van der Waals surface area contributed by atoms with E-state index in [2.05, 4.69) is 5.10 Å². The summed E-state index contributed by atoms with van der Waals surface area (Å²) in [6, 6.07) is 0.136. The summed E-state index contributed by atoms with van der Waals surface area (Å²) in [6.45, 7) is 5.21. The molecule has 1 unspecified atom stereocenters. The normalized spacial score (nSPS) is 20.1. The fraction of sp³-hybridized carbons (Fsp3) is 0.786. The number of hydrogen-bond acceptors (Lipinski definition) is 5. The van der Waals surface area contributed by atoms with Gasteiger partial charge in [0.15, 0.2) is 5.75 Å². The van der Waals surface area contributed by atoms with Crippen LogP contribution in [0.1, 0.15) is 44.5 Å². The lowest BCUT2D eigenvalue weighted by Gasteiger charge is -2.40. The van der Waals surface area contributed by atoms with Gasteiger partial charge >= 0.3 is 0 Å². The molecule has 2 rings (SSSR count). The van der Waals surface area contributed by atoms with Crippen LogP contribution >= 0.6 is 0 Å². The van der Waals surface area contributed by atoms with Crippen molar-refractivity contribution in [2.45, 2.75) is 44.4 Å². The van der Waals surface area contributed by atoms with E-state index in [-0.39, 0.29) is 6.04 Å². The van der Waals surface area contributed by atoms with Gasteiger partial charge in [0.2, 0.25) is 0 Å². The third kappa shape index (κ3) is 2.55. The number of nitrogens with zero attached hydrogens (tertiary/aromatic N) is 2. The molecule has 20 heavy (non-hydrogen) atoms. The predicted octanol–water partition coefficient (Wildman–Crippen LogP) is 1.70. The van der Waals surface area contributed by atoms with Gasteiger partial charge in [-0.05, 0) is 13.8 Å². The summed E-state index contributed by atoms with van der Waals surface area (Å²) in [5, 5.41) is 15.2. The van der Waals surface area contributed by atoms with Crippen LogP contribution in [0.3, 0.4) is 0 Å². The van der Waals surface area contributed by atoms with E-state index >= 15 is 0 Å². The van der Waals surface area contributed by atoms with Crippen LogP contribution in [0.5, 0.6) is 5.75 Å². The van der Waals surface area contributed by atoms with Gasteiger partial charge in [-0.15, -0.1) is 0 Å². The van der Waals surface area contributed by atoms with E-state index < -0.39 is 11.7 Å². The summed E-state index contributed by atoms with van der Waals surface area (Å²) >= 11 is 0. The molecule has 0 saturated carbocycles. The van der Waals surface area contributed by atoms with Crippen LogP contribution in [0.15, 0.2) is 6.20 Å². The van der Waals surface area contributed by atoms with Crippen molar-refractivity contribution in [3.63, 3.8) is 0 Å². The van der Waals surface area contributed by atoms with E-state index in [0.717, 1.165) is 0 Å². The number of aromatic nitrogens is 2. The van der Waals surface area contributed by atoms with Crippen molar-refractivity contribution in [3.8, 4) is 5.75 Å². The van der Waals surface area contributed by atoms with Gasteiger partial charge in [-0.1, -0.05) is 0 Å². The van der Waals surface area contributed by atoms with Crippen LogP contribution in [0.4, 0.5) is 0 Å². The molecule has 1 aliphatic rings. The number of methoxy groups -OCH3 is 2. The molecule has 114 valence electrons. The molecule has 1 saturated heterocycles. The van der Waals surface area contributed by atoms with Crippen LogP contribution in [0, 0.1) is 0 Å². The number of ether oxygens (including phenoxy) is 3. The fourth-order valence-corrected chi connectivity index (χ4v) is 2.74. The Morgan fingerprint density at radius 2 is 2.00 bits per heavy atom. The first-order chi connectivity index (χ1) is 9.55. The standard InChI is InChI=1S/C14H24N2O4/c1-10(2)16-12(11(18-3)9-15-16)13(17)14(19-4)5-7-20-8-6-14/h9-10,13,17H,5-8H2,1-4H3. The van der Waals surface area contributed by atoms with E-state index in [1.165, 1.54) is 0 Å². The molecule has 1 fully saturated rings. The lowest BCUT2D eigenvalue weighted by Crippen LogP contribution is -2.44. The topological polar surface area (TPSA) is 65.7 Å². The molecule has 1 aliphatic heterocycles. The smallest absolute Gasteiger partial charge is 0.162 e. The minimum atomic E-state index is -0.795. The molecule has 0 radical (unpaired) electrons. The summed E-state index contributed by atoms with van der Waals surface area (Å²) in [5.41, 5.74) is 0.0318. The van der Waals surface area contributed by atoms with E-state index in [1.807, 2.05) is 13.8 Å². The second-order valence-corrected chi connectivity index (χ2v) is 5.42. The third-order valence-electron chi connectivity index (χ3n) is 4.01. The summed E-state index contributed by atoms with van der Waals surface area (Å²) in [7, 11) is 3.22. The number of aliphatic hydroxyl groups excluding tert-OH is 1. The van der Waals surface area contributed by atoms with Gasteiger partial charge in [0, 0.05) is 39.2 Å². The van der Waals surface area contributed by atoms with Crippen LogP contribution in [-0.4, -0.2) is 47.9 Å². The van der Waals surface area contributed by atoms with Crippen LogP contribution in [0.2, 0.25) is 0 Å². The molecule has 1 atom stereocenters. The number of hydrogen-bond donors (Lipinski definition) is 1. The second kappa shape index (κ2) is 6.11. The van der Waals surface area contributed by atoms with Gasteiger partial charge in [0.25, 0.3) is 0 Å². The van der Waals surface area contributed by atoms with E-state index in [9.17, 15) is 5.11 Å². The Morgan fingerprint density at radius 3 is 2.50 bits per heavy atom. The average molecular weight is 284 g/mol. The summed E-state index contributed by atoms with van der Waals surface area (Å²) in [5.74, 6) is 0.592. The lowest BCUT2D eigenvalue weighted by molar-refractivity contribution is -0.157. The first kappa shape index (κ1) is 15.3. The van der Waals surface area contributed by atoms with Crippen molar-refractivity contribution >= 4 is 0 Å². The Balaban J connectivity index is 2.40. The Bertz CT molecular complexity index is 438. The molecule has 1 N–H and O–H groups in total. The quantitative estimate of drug-likeness (QED) is 0.891. The largest absolute Gasteiger partial charge is 0.493 e. The molecule has 1 aromatic heterocycles. The second-order valence-electron chi connectivity index (χ2n) is 5.42. The first-order valence-corrected chi connectivity index (χ1v) is 6.98. The molecule has 2 heterocycles. The monoisotopic (exact) mass is 284 g/mol. The molecule has 6 nitrogen and oxygen atoms in total. The molecule has 6 heteroatoms. The molecule has 0 aromatic carbocycles. The SMILES string of the molecule is COc1cnn(C(C)C)c1C(O)C1(OC)CCOCC1. The Labute approximate surface area is 119 Å². The van der Waals surface area contributed by atoms with Gasteiger partial charge < -0.3 is 19.3 Å². The van der Waals surface area contributed by atoms with Crippen molar-refractivity contribution < 1.29 is 19.3 Å². The van der Waals surface area contributed by atoms with Gasteiger partial charge in [-0.2, -0.15) is 5.10 Å². The number of aliphatic hydroxyl groups is 1. The maximum absolute atomic E-state index is 10.9.